The van der Waals surface area contributed by atoms with Crippen LogP contribution in [0.4, 0.5) is 0 Å². The van der Waals surface area contributed by atoms with Gasteiger partial charge in [0.05, 0.1) is 37.3 Å². The lowest BCUT2D eigenvalue weighted by atomic mass is 9.83. The van der Waals surface area contributed by atoms with Gasteiger partial charge in [-0.25, -0.2) is 0 Å². The van der Waals surface area contributed by atoms with Crippen LogP contribution in [0.5, 0.6) is 0 Å². The molecule has 0 aromatic heterocycles. The van der Waals surface area contributed by atoms with E-state index in [0.29, 0.717) is 38.5 Å². The van der Waals surface area contributed by atoms with Crippen LogP contribution in [0.15, 0.2) is 0 Å². The molecule has 0 N–H and O–H groups in total. The molecule has 2 rings (SSSR count). The fraction of sp³-hybridized carbons (Fsp3) is 0.818. The maximum absolute atomic E-state index is 12.3. The molecule has 0 bridgehead atoms. The van der Waals surface area contributed by atoms with Crippen molar-refractivity contribution in [3.05, 3.63) is 0 Å². The summed E-state index contributed by atoms with van der Waals surface area (Å²) in [6.07, 6.45) is 0.425. The van der Waals surface area contributed by atoms with Crippen LogP contribution in [0.2, 0.25) is 0 Å². The van der Waals surface area contributed by atoms with Gasteiger partial charge in [-0.05, 0) is 52.4 Å². The average Bonchev–Trinajstić information content (AvgIpc) is 2.70. The fourth-order valence-electron chi connectivity index (χ4n) is 4.36. The summed E-state index contributed by atoms with van der Waals surface area (Å²) in [5.41, 5.74) is 0. The SMILES string of the molecule is CCOC(=O)[C@@H]1CC[C@H](OC(C)=O)[C@H](O[C@@H]2C[C@@H](C(=O)OCC)CC[C@H]2OC(C)=O)C1. The van der Waals surface area contributed by atoms with E-state index in [-0.39, 0.29) is 37.0 Å². The molecule has 31 heavy (non-hydrogen) atoms. The van der Waals surface area contributed by atoms with Crippen molar-refractivity contribution in [3.63, 3.8) is 0 Å². The lowest BCUT2D eigenvalue weighted by Crippen LogP contribution is -2.48. The predicted molar refractivity (Wildman–Crippen MR) is 108 cm³/mol. The standard InChI is InChI=1S/C22H34O9/c1-5-27-21(25)15-7-9-17(29-13(3)23)19(11-15)31-20-12-16(22(26)28-6-2)8-10-18(20)30-14(4)24/h15-20H,5-12H2,1-4H3/t15-,16+,17+,18-,19-,20-/m1/s1. The first kappa shape index (κ1) is 25.1. The number of hydrogen-bond donors (Lipinski definition) is 0. The van der Waals surface area contributed by atoms with E-state index in [1.807, 2.05) is 0 Å². The summed E-state index contributed by atoms with van der Waals surface area (Å²) in [7, 11) is 0. The summed E-state index contributed by atoms with van der Waals surface area (Å²) >= 11 is 0. The maximum atomic E-state index is 12.3. The Hall–Kier alpha value is -2.16. The molecule has 6 atom stereocenters. The molecule has 176 valence electrons. The number of esters is 4. The summed E-state index contributed by atoms with van der Waals surface area (Å²) in [6.45, 7) is 6.72. The largest absolute Gasteiger partial charge is 0.466 e. The summed E-state index contributed by atoms with van der Waals surface area (Å²) in [5, 5.41) is 0. The molecule has 2 aliphatic carbocycles. The molecule has 0 aliphatic heterocycles. The van der Waals surface area contributed by atoms with E-state index in [4.69, 9.17) is 23.7 Å². The van der Waals surface area contributed by atoms with E-state index in [9.17, 15) is 19.2 Å². The van der Waals surface area contributed by atoms with Crippen LogP contribution in [-0.2, 0) is 42.9 Å². The van der Waals surface area contributed by atoms with Gasteiger partial charge in [-0.3, -0.25) is 19.2 Å². The fourth-order valence-corrected chi connectivity index (χ4v) is 4.36. The lowest BCUT2D eigenvalue weighted by Gasteiger charge is -2.40. The van der Waals surface area contributed by atoms with Crippen molar-refractivity contribution in [1.29, 1.82) is 0 Å². The Morgan fingerprint density at radius 2 is 1.03 bits per heavy atom. The maximum Gasteiger partial charge on any atom is 0.309 e. The van der Waals surface area contributed by atoms with Gasteiger partial charge in [0, 0.05) is 13.8 Å². The van der Waals surface area contributed by atoms with Gasteiger partial charge in [0.15, 0.2) is 0 Å². The Bertz CT molecular complexity index is 593. The number of carbonyl (C=O) groups excluding carboxylic acids is 4. The molecule has 0 aromatic carbocycles. The molecule has 0 saturated heterocycles. The highest BCUT2D eigenvalue weighted by molar-refractivity contribution is 5.73. The summed E-state index contributed by atoms with van der Waals surface area (Å²) in [4.78, 5) is 47.7. The van der Waals surface area contributed by atoms with Gasteiger partial charge < -0.3 is 23.7 Å². The first-order valence-electron chi connectivity index (χ1n) is 11.1. The van der Waals surface area contributed by atoms with Crippen LogP contribution in [-0.4, -0.2) is 61.5 Å². The molecule has 0 aromatic rings. The van der Waals surface area contributed by atoms with Crippen molar-refractivity contribution in [2.24, 2.45) is 11.8 Å². The first-order chi connectivity index (χ1) is 14.7. The smallest absolute Gasteiger partial charge is 0.309 e. The van der Waals surface area contributed by atoms with Gasteiger partial charge in [-0.15, -0.1) is 0 Å². The van der Waals surface area contributed by atoms with E-state index in [0.717, 1.165) is 0 Å². The van der Waals surface area contributed by atoms with Crippen molar-refractivity contribution >= 4 is 23.9 Å². The molecule has 2 fully saturated rings. The van der Waals surface area contributed by atoms with Crippen LogP contribution in [0.3, 0.4) is 0 Å². The van der Waals surface area contributed by atoms with E-state index in [2.05, 4.69) is 0 Å². The molecule has 0 unspecified atom stereocenters. The molecule has 2 aliphatic rings. The lowest BCUT2D eigenvalue weighted by molar-refractivity contribution is -0.191. The minimum Gasteiger partial charge on any atom is -0.466 e. The molecule has 2 saturated carbocycles. The van der Waals surface area contributed by atoms with Crippen LogP contribution in [0.1, 0.15) is 66.2 Å². The molecule has 0 spiro atoms. The van der Waals surface area contributed by atoms with Crippen molar-refractivity contribution < 1.29 is 42.9 Å². The van der Waals surface area contributed by atoms with E-state index >= 15 is 0 Å². The van der Waals surface area contributed by atoms with E-state index < -0.39 is 36.4 Å². The summed E-state index contributed by atoms with van der Waals surface area (Å²) < 4.78 is 27.5. The normalized spacial score (nSPS) is 30.7. The molecule has 0 heterocycles. The van der Waals surface area contributed by atoms with Gasteiger partial charge in [-0.2, -0.15) is 0 Å². The van der Waals surface area contributed by atoms with Crippen molar-refractivity contribution in [3.8, 4) is 0 Å². The highest BCUT2D eigenvalue weighted by atomic mass is 16.6. The third-order valence-corrected chi connectivity index (χ3v) is 5.69. The summed E-state index contributed by atoms with van der Waals surface area (Å²) in [5.74, 6) is -2.21. The third kappa shape index (κ3) is 7.48. The van der Waals surface area contributed by atoms with Crippen molar-refractivity contribution in [2.45, 2.75) is 90.6 Å². The van der Waals surface area contributed by atoms with E-state index in [1.165, 1.54) is 13.8 Å². The molecule has 9 nitrogen and oxygen atoms in total. The van der Waals surface area contributed by atoms with Gasteiger partial charge in [0.1, 0.15) is 12.2 Å². The van der Waals surface area contributed by atoms with E-state index in [1.54, 1.807) is 13.8 Å². The highest BCUT2D eigenvalue weighted by Crippen LogP contribution is 2.35. The number of rotatable bonds is 8. The van der Waals surface area contributed by atoms with Crippen LogP contribution in [0, 0.1) is 11.8 Å². The third-order valence-electron chi connectivity index (χ3n) is 5.69. The quantitative estimate of drug-likeness (QED) is 0.412. The molecule has 0 amide bonds. The van der Waals surface area contributed by atoms with Crippen molar-refractivity contribution in [2.75, 3.05) is 13.2 Å². The Morgan fingerprint density at radius 3 is 1.35 bits per heavy atom. The molecular formula is C22H34O9. The zero-order valence-electron chi connectivity index (χ0n) is 18.8. The van der Waals surface area contributed by atoms with Gasteiger partial charge in [-0.1, -0.05) is 0 Å². The predicted octanol–water partition coefficient (Wildman–Crippen LogP) is 2.33. The minimum absolute atomic E-state index is 0.284. The van der Waals surface area contributed by atoms with Gasteiger partial charge >= 0.3 is 23.9 Å². The highest BCUT2D eigenvalue weighted by Gasteiger charge is 2.43. The Kier molecular flexibility index (Phi) is 9.74. The Balaban J connectivity index is 2.17. The number of carbonyl (C=O) groups is 4. The zero-order chi connectivity index (χ0) is 23.0. The van der Waals surface area contributed by atoms with Gasteiger partial charge in [0.25, 0.3) is 0 Å². The minimum atomic E-state index is -0.573. The van der Waals surface area contributed by atoms with Crippen LogP contribution in [0.25, 0.3) is 0 Å². The first-order valence-corrected chi connectivity index (χ1v) is 11.1. The number of hydrogen-bond acceptors (Lipinski definition) is 9. The monoisotopic (exact) mass is 442 g/mol. The zero-order valence-corrected chi connectivity index (χ0v) is 18.8. The van der Waals surface area contributed by atoms with Gasteiger partial charge in [0.2, 0.25) is 0 Å². The second-order valence-corrected chi connectivity index (χ2v) is 8.03. The second kappa shape index (κ2) is 12.0. The Labute approximate surface area is 183 Å². The number of ether oxygens (including phenoxy) is 5. The molecule has 9 heteroatoms. The van der Waals surface area contributed by atoms with Crippen molar-refractivity contribution in [1.82, 2.24) is 0 Å². The average molecular weight is 443 g/mol. The van der Waals surface area contributed by atoms with Crippen LogP contribution < -0.4 is 0 Å². The Morgan fingerprint density at radius 1 is 0.645 bits per heavy atom. The van der Waals surface area contributed by atoms with Crippen LogP contribution >= 0.6 is 0 Å². The second-order valence-electron chi connectivity index (χ2n) is 8.03. The topological polar surface area (TPSA) is 114 Å². The summed E-state index contributed by atoms with van der Waals surface area (Å²) in [6, 6.07) is 0. The molecular weight excluding hydrogens is 408 g/mol. The molecule has 0 radical (unpaired) electrons.